The number of methoxy groups -OCH3 is 1. The minimum Gasteiger partial charge on any atom is -0.497 e. The van der Waals surface area contributed by atoms with Crippen LogP contribution in [0.15, 0.2) is 88.9 Å². The highest BCUT2D eigenvalue weighted by atomic mass is 35.5. The van der Waals surface area contributed by atoms with Gasteiger partial charge in [0.2, 0.25) is 0 Å². The molecule has 0 spiro atoms. The van der Waals surface area contributed by atoms with E-state index >= 15 is 0 Å². The lowest BCUT2D eigenvalue weighted by Gasteiger charge is -2.28. The van der Waals surface area contributed by atoms with E-state index in [0.29, 0.717) is 60.1 Å². The molecule has 11 heteroatoms. The van der Waals surface area contributed by atoms with Crippen LogP contribution in [0.4, 0.5) is 5.69 Å². The quantitative estimate of drug-likeness (QED) is 0.259. The maximum atomic E-state index is 13.8. The van der Waals surface area contributed by atoms with E-state index in [1.54, 1.807) is 66.7 Å². The van der Waals surface area contributed by atoms with Crippen LogP contribution < -0.4 is 15.2 Å². The van der Waals surface area contributed by atoms with E-state index in [4.69, 9.17) is 21.1 Å². The lowest BCUT2D eigenvalue weighted by atomic mass is 10.1. The predicted molar refractivity (Wildman–Crippen MR) is 163 cm³/mol. The number of benzene rings is 2. The number of ether oxygens (including phenoxy) is 2. The molecule has 5 aromatic rings. The van der Waals surface area contributed by atoms with Gasteiger partial charge in [0.1, 0.15) is 5.75 Å². The van der Waals surface area contributed by atoms with Crippen molar-refractivity contribution in [3.63, 3.8) is 0 Å². The van der Waals surface area contributed by atoms with E-state index in [-0.39, 0.29) is 16.1 Å². The molecule has 6 rings (SSSR count). The fraction of sp³-hybridized carbons (Fsp3) is 0.226. The summed E-state index contributed by atoms with van der Waals surface area (Å²) in [4.78, 5) is 20.2. The van der Waals surface area contributed by atoms with Gasteiger partial charge in [-0.25, -0.2) is 17.4 Å². The van der Waals surface area contributed by atoms with Crippen LogP contribution in [-0.2, 0) is 21.3 Å². The zero-order valence-electron chi connectivity index (χ0n) is 23.2. The minimum atomic E-state index is -3.96. The summed E-state index contributed by atoms with van der Waals surface area (Å²) in [6, 6.07) is 17.3. The molecule has 1 aliphatic heterocycles. The standard InChI is InChI=1S/C31H29ClN4O5S/c1-21-3-5-27(6-4-21)42(38,39)36-20-29(28-17-25(18-33-31(28)36)34-9-11-41-12-10-34)23-7-8-35(30(37)15-23)19-22-13-24(32)16-26(14-22)40-2/h3-8,13-18,20H,9-12,19H2,1-2H3. The number of aromatic nitrogens is 3. The van der Waals surface area contributed by atoms with Crippen LogP contribution in [0.5, 0.6) is 5.75 Å². The number of aryl methyl sites for hydroxylation is 1. The second-order valence-corrected chi connectivity index (χ2v) is 12.5. The number of rotatable bonds is 7. The molecule has 0 atom stereocenters. The molecular weight excluding hydrogens is 576 g/mol. The fourth-order valence-corrected chi connectivity index (χ4v) is 6.70. The summed E-state index contributed by atoms with van der Waals surface area (Å²) < 4.78 is 41.2. The van der Waals surface area contributed by atoms with Crippen molar-refractivity contribution in [2.45, 2.75) is 18.4 Å². The third kappa shape index (κ3) is 5.40. The van der Waals surface area contributed by atoms with Crippen molar-refractivity contribution in [3.8, 4) is 16.9 Å². The van der Waals surface area contributed by atoms with Gasteiger partial charge in [-0.05, 0) is 60.5 Å². The topological polar surface area (TPSA) is 95.7 Å². The molecule has 0 N–H and O–H groups in total. The van der Waals surface area contributed by atoms with Gasteiger partial charge in [0.05, 0.1) is 43.6 Å². The Morgan fingerprint density at radius 1 is 1.02 bits per heavy atom. The predicted octanol–water partition coefficient (Wildman–Crippen LogP) is 4.96. The van der Waals surface area contributed by atoms with Crippen molar-refractivity contribution in [3.05, 3.63) is 106 Å². The number of hydrogen-bond donors (Lipinski definition) is 0. The number of fused-ring (bicyclic) bond motifs is 1. The van der Waals surface area contributed by atoms with Gasteiger partial charge in [-0.1, -0.05) is 29.3 Å². The molecule has 0 saturated carbocycles. The van der Waals surface area contributed by atoms with Gasteiger partial charge < -0.3 is 18.9 Å². The Balaban J connectivity index is 1.46. The molecule has 0 unspecified atom stereocenters. The molecule has 4 heterocycles. The smallest absolute Gasteiger partial charge is 0.269 e. The molecule has 0 amide bonds. The molecule has 216 valence electrons. The van der Waals surface area contributed by atoms with Crippen molar-refractivity contribution in [2.24, 2.45) is 0 Å². The summed E-state index contributed by atoms with van der Waals surface area (Å²) in [5.41, 5.74) is 3.86. The number of nitrogens with zero attached hydrogens (tertiary/aromatic N) is 4. The average Bonchev–Trinajstić information content (AvgIpc) is 3.38. The van der Waals surface area contributed by atoms with Gasteiger partial charge in [0.25, 0.3) is 15.6 Å². The Bertz CT molecular complexity index is 1950. The molecule has 2 aromatic carbocycles. The molecule has 3 aromatic heterocycles. The Hall–Kier alpha value is -4.12. The molecule has 42 heavy (non-hydrogen) atoms. The summed E-state index contributed by atoms with van der Waals surface area (Å²) >= 11 is 6.22. The highest BCUT2D eigenvalue weighted by Crippen LogP contribution is 2.34. The minimum absolute atomic E-state index is 0.156. The first-order valence-corrected chi connectivity index (χ1v) is 15.2. The van der Waals surface area contributed by atoms with Crippen LogP contribution in [0.1, 0.15) is 11.1 Å². The van der Waals surface area contributed by atoms with E-state index < -0.39 is 10.0 Å². The van der Waals surface area contributed by atoms with Gasteiger partial charge in [0.15, 0.2) is 5.65 Å². The molecule has 0 radical (unpaired) electrons. The SMILES string of the molecule is COc1cc(Cl)cc(Cn2ccc(-c3cn(S(=O)(=O)c4ccc(C)cc4)c4ncc(N5CCOCC5)cc34)cc2=O)c1. The van der Waals surface area contributed by atoms with E-state index in [0.717, 1.165) is 16.8 Å². The Labute approximate surface area is 248 Å². The number of morpholine rings is 1. The van der Waals surface area contributed by atoms with Crippen LogP contribution in [0.3, 0.4) is 0 Å². The number of anilines is 1. The second kappa shape index (κ2) is 11.3. The number of hydrogen-bond acceptors (Lipinski definition) is 7. The zero-order valence-corrected chi connectivity index (χ0v) is 24.7. The summed E-state index contributed by atoms with van der Waals surface area (Å²) in [5.74, 6) is 0.605. The van der Waals surface area contributed by atoms with E-state index in [2.05, 4.69) is 9.88 Å². The summed E-state index contributed by atoms with van der Waals surface area (Å²) in [6.07, 6.45) is 4.94. The zero-order chi connectivity index (χ0) is 29.4. The van der Waals surface area contributed by atoms with Crippen LogP contribution in [0.25, 0.3) is 22.2 Å². The maximum Gasteiger partial charge on any atom is 0.269 e. The van der Waals surface area contributed by atoms with Gasteiger partial charge >= 0.3 is 0 Å². The van der Waals surface area contributed by atoms with Crippen molar-refractivity contribution in [1.82, 2.24) is 13.5 Å². The van der Waals surface area contributed by atoms with Crippen LogP contribution in [-0.4, -0.2) is 55.4 Å². The van der Waals surface area contributed by atoms with Crippen LogP contribution in [0.2, 0.25) is 5.02 Å². The molecule has 0 bridgehead atoms. The lowest BCUT2D eigenvalue weighted by Crippen LogP contribution is -2.36. The number of pyridine rings is 2. The summed E-state index contributed by atoms with van der Waals surface area (Å²) in [5, 5.41) is 1.14. The van der Waals surface area contributed by atoms with E-state index in [1.165, 1.54) is 10.0 Å². The molecule has 1 fully saturated rings. The average molecular weight is 605 g/mol. The highest BCUT2D eigenvalue weighted by Gasteiger charge is 2.24. The van der Waals surface area contributed by atoms with Crippen LogP contribution in [0, 0.1) is 6.92 Å². The Morgan fingerprint density at radius 2 is 1.79 bits per heavy atom. The fourth-order valence-electron chi connectivity index (χ4n) is 5.13. The first kappa shape index (κ1) is 28.0. The first-order chi connectivity index (χ1) is 20.2. The van der Waals surface area contributed by atoms with Gasteiger partial charge in [-0.15, -0.1) is 0 Å². The van der Waals surface area contributed by atoms with Gasteiger partial charge in [0, 0.05) is 47.5 Å². The highest BCUT2D eigenvalue weighted by molar-refractivity contribution is 7.90. The third-order valence-corrected chi connectivity index (χ3v) is 9.26. The normalized spacial score (nSPS) is 13.9. The largest absolute Gasteiger partial charge is 0.497 e. The van der Waals surface area contributed by atoms with Crippen molar-refractivity contribution >= 4 is 38.3 Å². The Kier molecular flexibility index (Phi) is 7.53. The summed E-state index contributed by atoms with van der Waals surface area (Å²) in [6.45, 7) is 4.81. The molecule has 1 aliphatic rings. The Morgan fingerprint density at radius 3 is 2.50 bits per heavy atom. The first-order valence-electron chi connectivity index (χ1n) is 13.4. The van der Waals surface area contributed by atoms with Crippen LogP contribution >= 0.6 is 11.6 Å². The maximum absolute atomic E-state index is 13.8. The van der Waals surface area contributed by atoms with E-state index in [9.17, 15) is 13.2 Å². The van der Waals surface area contributed by atoms with Gasteiger partial charge in [-0.3, -0.25) is 4.79 Å². The summed E-state index contributed by atoms with van der Waals surface area (Å²) in [7, 11) is -2.40. The van der Waals surface area contributed by atoms with E-state index in [1.807, 2.05) is 25.1 Å². The molecule has 0 aliphatic carbocycles. The van der Waals surface area contributed by atoms with Gasteiger partial charge in [-0.2, -0.15) is 0 Å². The third-order valence-electron chi connectivity index (χ3n) is 7.38. The molecule has 9 nitrogen and oxygen atoms in total. The molecular formula is C31H29ClN4O5S. The van der Waals surface area contributed by atoms with Crippen molar-refractivity contribution < 1.29 is 17.9 Å². The van der Waals surface area contributed by atoms with Crippen molar-refractivity contribution in [1.29, 1.82) is 0 Å². The molecule has 1 saturated heterocycles. The number of halogens is 1. The lowest BCUT2D eigenvalue weighted by molar-refractivity contribution is 0.122. The van der Waals surface area contributed by atoms with Crippen molar-refractivity contribution in [2.75, 3.05) is 38.3 Å². The monoisotopic (exact) mass is 604 g/mol. The second-order valence-electron chi connectivity index (χ2n) is 10.2.